The molecule has 1 fully saturated rings. The van der Waals surface area contributed by atoms with Crippen LogP contribution < -0.4 is 14.3 Å². The number of morpholine rings is 1. The minimum absolute atomic E-state index is 0.286. The van der Waals surface area contributed by atoms with Crippen molar-refractivity contribution in [2.45, 2.75) is 19.9 Å². The summed E-state index contributed by atoms with van der Waals surface area (Å²) < 4.78 is 18.9. The average Bonchev–Trinajstić information content (AvgIpc) is 3.45. The van der Waals surface area contributed by atoms with Crippen molar-refractivity contribution in [1.29, 1.82) is 0 Å². The van der Waals surface area contributed by atoms with Crippen LogP contribution in [-0.4, -0.2) is 49.1 Å². The minimum Gasteiger partial charge on any atom is -0.454 e. The quantitative estimate of drug-likeness (QED) is 0.583. The first-order valence-corrected chi connectivity index (χ1v) is 11.7. The molecule has 0 N–H and O–H groups in total. The van der Waals surface area contributed by atoms with Crippen LogP contribution in [0.5, 0.6) is 11.5 Å². The molecule has 5 rings (SSSR count). The van der Waals surface area contributed by atoms with Crippen molar-refractivity contribution in [1.82, 2.24) is 9.47 Å². The maximum atomic E-state index is 5.61. The van der Waals surface area contributed by atoms with Crippen molar-refractivity contribution in [3.05, 3.63) is 58.2 Å². The summed E-state index contributed by atoms with van der Waals surface area (Å²) in [4.78, 5) is 8.44. The lowest BCUT2D eigenvalue weighted by Crippen LogP contribution is -2.39. The summed E-state index contributed by atoms with van der Waals surface area (Å²) >= 11 is 1.68. The fraction of sp³-hybridized carbons (Fsp3) is 0.375. The second-order valence-corrected chi connectivity index (χ2v) is 8.55. The van der Waals surface area contributed by atoms with Gasteiger partial charge in [-0.25, -0.2) is 4.99 Å². The highest BCUT2D eigenvalue weighted by Crippen LogP contribution is 2.36. The lowest BCUT2D eigenvalue weighted by atomic mass is 10.1. The van der Waals surface area contributed by atoms with E-state index in [4.69, 9.17) is 19.2 Å². The molecule has 7 heteroatoms. The fourth-order valence-corrected chi connectivity index (χ4v) is 4.86. The third-order valence-electron chi connectivity index (χ3n) is 5.78. The van der Waals surface area contributed by atoms with E-state index in [1.807, 2.05) is 6.07 Å². The summed E-state index contributed by atoms with van der Waals surface area (Å²) in [6.07, 6.45) is 1.03. The molecule has 0 atom stereocenters. The first-order valence-electron chi connectivity index (χ1n) is 10.8. The summed E-state index contributed by atoms with van der Waals surface area (Å²) in [6, 6.07) is 14.7. The van der Waals surface area contributed by atoms with Crippen LogP contribution in [0.15, 0.2) is 52.8 Å². The molecule has 31 heavy (non-hydrogen) atoms. The van der Waals surface area contributed by atoms with Crippen LogP contribution in [0.2, 0.25) is 0 Å². The molecule has 2 aromatic carbocycles. The Morgan fingerprint density at radius 2 is 1.77 bits per heavy atom. The molecular formula is C24H27N3O3S. The molecule has 1 saturated heterocycles. The maximum absolute atomic E-state index is 5.61. The van der Waals surface area contributed by atoms with Gasteiger partial charge in [-0.2, -0.15) is 0 Å². The second kappa shape index (κ2) is 9.26. The largest absolute Gasteiger partial charge is 0.454 e. The fourth-order valence-electron chi connectivity index (χ4n) is 3.90. The van der Waals surface area contributed by atoms with Gasteiger partial charge in [0.1, 0.15) is 0 Å². The van der Waals surface area contributed by atoms with Crippen molar-refractivity contribution in [3.63, 3.8) is 0 Å². The number of hydrogen-bond donors (Lipinski definition) is 0. The van der Waals surface area contributed by atoms with Crippen LogP contribution >= 0.6 is 11.3 Å². The van der Waals surface area contributed by atoms with E-state index in [-0.39, 0.29) is 6.79 Å². The van der Waals surface area contributed by atoms with Gasteiger partial charge in [0.05, 0.1) is 24.6 Å². The van der Waals surface area contributed by atoms with Crippen molar-refractivity contribution in [3.8, 4) is 22.8 Å². The summed E-state index contributed by atoms with van der Waals surface area (Å²) in [5, 5.41) is 2.19. The maximum Gasteiger partial charge on any atom is 0.231 e. The molecule has 0 radical (unpaired) electrons. The van der Waals surface area contributed by atoms with Gasteiger partial charge in [-0.3, -0.25) is 4.90 Å². The monoisotopic (exact) mass is 437 g/mol. The highest BCUT2D eigenvalue weighted by atomic mass is 32.1. The number of thiazole rings is 1. The smallest absolute Gasteiger partial charge is 0.231 e. The number of aryl methyl sites for hydroxylation is 1. The molecule has 0 bridgehead atoms. The molecule has 0 aliphatic carbocycles. The van der Waals surface area contributed by atoms with Gasteiger partial charge >= 0.3 is 0 Å². The highest BCUT2D eigenvalue weighted by molar-refractivity contribution is 7.07. The second-order valence-electron chi connectivity index (χ2n) is 7.71. The van der Waals surface area contributed by atoms with E-state index >= 15 is 0 Å². The topological polar surface area (TPSA) is 48.2 Å². The molecule has 2 aliphatic rings. The van der Waals surface area contributed by atoms with E-state index < -0.39 is 0 Å². The third-order valence-corrected chi connectivity index (χ3v) is 6.64. The lowest BCUT2D eigenvalue weighted by Gasteiger charge is -2.26. The van der Waals surface area contributed by atoms with Crippen molar-refractivity contribution >= 4 is 17.0 Å². The van der Waals surface area contributed by atoms with Crippen molar-refractivity contribution < 1.29 is 14.2 Å². The molecule has 0 spiro atoms. The number of rotatable bonds is 6. The van der Waals surface area contributed by atoms with Crippen LogP contribution in [0.4, 0.5) is 5.69 Å². The predicted molar refractivity (Wildman–Crippen MR) is 122 cm³/mol. The number of benzene rings is 2. The zero-order chi connectivity index (χ0) is 21.0. The predicted octanol–water partition coefficient (Wildman–Crippen LogP) is 4.07. The number of nitrogens with zero attached hydrogens (tertiary/aromatic N) is 3. The van der Waals surface area contributed by atoms with Gasteiger partial charge in [0.2, 0.25) is 6.79 Å². The van der Waals surface area contributed by atoms with Gasteiger partial charge < -0.3 is 18.8 Å². The normalized spacial score (nSPS) is 16.7. The van der Waals surface area contributed by atoms with E-state index in [2.05, 4.69) is 58.2 Å². The van der Waals surface area contributed by atoms with Crippen LogP contribution in [0.25, 0.3) is 11.3 Å². The van der Waals surface area contributed by atoms with Gasteiger partial charge in [-0.1, -0.05) is 19.1 Å². The van der Waals surface area contributed by atoms with Gasteiger partial charge in [0.25, 0.3) is 0 Å². The number of hydrogen-bond acceptors (Lipinski definition) is 6. The first kappa shape index (κ1) is 20.3. The van der Waals surface area contributed by atoms with Gasteiger partial charge in [-0.05, 0) is 42.3 Å². The van der Waals surface area contributed by atoms with Crippen LogP contribution in [-0.2, 0) is 17.7 Å². The van der Waals surface area contributed by atoms with E-state index in [1.165, 1.54) is 5.56 Å². The Bertz CT molecular complexity index is 1100. The summed E-state index contributed by atoms with van der Waals surface area (Å²) in [7, 11) is 0. The molecule has 0 saturated carbocycles. The Balaban J connectivity index is 1.50. The van der Waals surface area contributed by atoms with E-state index in [0.29, 0.717) is 0 Å². The van der Waals surface area contributed by atoms with E-state index in [1.54, 1.807) is 11.3 Å². The third kappa shape index (κ3) is 4.54. The van der Waals surface area contributed by atoms with Crippen molar-refractivity contribution in [2.24, 2.45) is 4.99 Å². The van der Waals surface area contributed by atoms with Gasteiger partial charge in [0.15, 0.2) is 16.3 Å². The molecule has 2 aliphatic heterocycles. The SMILES string of the molecule is CCc1ccc(N=c2scc(-c3ccc4c(c3)OCO4)n2CCN2CCOCC2)cc1. The zero-order valence-electron chi connectivity index (χ0n) is 17.8. The molecule has 162 valence electrons. The standard InChI is InChI=1S/C24H27N3O3S/c1-2-18-3-6-20(7-4-18)25-24-27(10-9-26-11-13-28-14-12-26)21(16-31-24)19-5-8-22-23(15-19)30-17-29-22/h3-8,15-16H,2,9-14,17H2,1H3. The summed E-state index contributed by atoms with van der Waals surface area (Å²) in [5.41, 5.74) is 4.58. The Hall–Kier alpha value is -2.61. The number of fused-ring (bicyclic) bond motifs is 1. The van der Waals surface area contributed by atoms with Crippen LogP contribution in [0.1, 0.15) is 12.5 Å². The molecule has 0 amide bonds. The Kier molecular flexibility index (Phi) is 6.06. The van der Waals surface area contributed by atoms with Gasteiger partial charge in [0, 0.05) is 37.1 Å². The number of ether oxygens (including phenoxy) is 3. The van der Waals surface area contributed by atoms with Crippen LogP contribution in [0.3, 0.4) is 0 Å². The molecule has 6 nitrogen and oxygen atoms in total. The molecular weight excluding hydrogens is 410 g/mol. The molecule has 3 heterocycles. The Morgan fingerprint density at radius 3 is 2.58 bits per heavy atom. The van der Waals surface area contributed by atoms with Crippen molar-refractivity contribution in [2.75, 3.05) is 39.6 Å². The molecule has 3 aromatic rings. The minimum atomic E-state index is 0.286. The Labute approximate surface area is 186 Å². The van der Waals surface area contributed by atoms with E-state index in [0.717, 1.165) is 79.1 Å². The average molecular weight is 438 g/mol. The summed E-state index contributed by atoms with van der Waals surface area (Å²) in [6.45, 7) is 7.88. The molecule has 1 aromatic heterocycles. The molecule has 0 unspecified atom stereocenters. The highest BCUT2D eigenvalue weighted by Gasteiger charge is 2.17. The Morgan fingerprint density at radius 1 is 0.968 bits per heavy atom. The zero-order valence-corrected chi connectivity index (χ0v) is 18.6. The lowest BCUT2D eigenvalue weighted by molar-refractivity contribution is 0.0363. The van der Waals surface area contributed by atoms with E-state index in [9.17, 15) is 0 Å². The van der Waals surface area contributed by atoms with Crippen LogP contribution in [0, 0.1) is 0 Å². The first-order chi connectivity index (χ1) is 15.3. The summed E-state index contributed by atoms with van der Waals surface area (Å²) in [5.74, 6) is 1.61. The number of aromatic nitrogens is 1. The van der Waals surface area contributed by atoms with Gasteiger partial charge in [-0.15, -0.1) is 11.3 Å².